The molecule has 0 bridgehead atoms. The summed E-state index contributed by atoms with van der Waals surface area (Å²) in [6.45, 7) is 6.98. The van der Waals surface area contributed by atoms with E-state index in [1.807, 2.05) is 24.3 Å². The molecule has 0 heterocycles. The van der Waals surface area contributed by atoms with E-state index in [0.717, 1.165) is 11.3 Å². The first-order chi connectivity index (χ1) is 13.8. The number of nitriles is 1. The van der Waals surface area contributed by atoms with Crippen LogP contribution in [-0.4, -0.2) is 31.4 Å². The van der Waals surface area contributed by atoms with Gasteiger partial charge in [-0.3, -0.25) is 0 Å². The summed E-state index contributed by atoms with van der Waals surface area (Å²) in [5.74, 6) is 0.478. The van der Waals surface area contributed by atoms with Crippen molar-refractivity contribution in [3.8, 4) is 23.3 Å². The van der Waals surface area contributed by atoms with Crippen LogP contribution in [0.25, 0.3) is 6.08 Å². The van der Waals surface area contributed by atoms with Gasteiger partial charge in [0.05, 0.1) is 7.11 Å². The molecule has 152 valence electrons. The van der Waals surface area contributed by atoms with E-state index in [-0.39, 0.29) is 17.6 Å². The first-order valence-electron chi connectivity index (χ1n) is 9.14. The zero-order chi connectivity index (χ0) is 21.4. The quantitative estimate of drug-likeness (QED) is 0.404. The number of methoxy groups -OCH3 is 1. The second-order valence-corrected chi connectivity index (χ2v) is 7.33. The van der Waals surface area contributed by atoms with Crippen LogP contribution in [0.5, 0.6) is 17.2 Å². The van der Waals surface area contributed by atoms with E-state index >= 15 is 0 Å². The number of carboxylic acids is 1. The highest BCUT2D eigenvalue weighted by atomic mass is 16.5. The van der Waals surface area contributed by atoms with E-state index in [1.165, 1.54) is 13.2 Å². The largest absolute Gasteiger partial charge is 0.493 e. The number of ether oxygens (including phenoxy) is 3. The SMILES string of the molecule is COc1ccc(C=C(C#N)C(=O)O)cc1OCCOc1ccccc1C(C)(C)C. The number of benzene rings is 2. The summed E-state index contributed by atoms with van der Waals surface area (Å²) in [4.78, 5) is 11.0. The molecule has 2 rings (SSSR count). The van der Waals surface area contributed by atoms with E-state index < -0.39 is 5.97 Å². The molecule has 0 saturated heterocycles. The third kappa shape index (κ3) is 6.01. The van der Waals surface area contributed by atoms with E-state index in [1.54, 1.807) is 24.3 Å². The molecule has 0 saturated carbocycles. The van der Waals surface area contributed by atoms with Crippen LogP contribution in [-0.2, 0) is 10.2 Å². The zero-order valence-electron chi connectivity index (χ0n) is 17.1. The van der Waals surface area contributed by atoms with Crippen LogP contribution >= 0.6 is 0 Å². The lowest BCUT2D eigenvalue weighted by Crippen LogP contribution is -2.16. The molecule has 0 atom stereocenters. The first-order valence-corrected chi connectivity index (χ1v) is 9.14. The Morgan fingerprint density at radius 3 is 2.31 bits per heavy atom. The van der Waals surface area contributed by atoms with Crippen molar-refractivity contribution in [3.05, 3.63) is 59.2 Å². The maximum absolute atomic E-state index is 11.0. The Bertz CT molecular complexity index is 935. The Balaban J connectivity index is 2.09. The van der Waals surface area contributed by atoms with Gasteiger partial charge in [-0.15, -0.1) is 0 Å². The fourth-order valence-electron chi connectivity index (χ4n) is 2.72. The minimum Gasteiger partial charge on any atom is -0.493 e. The normalized spacial score (nSPS) is 11.5. The van der Waals surface area contributed by atoms with E-state index in [9.17, 15) is 4.79 Å². The molecule has 0 amide bonds. The number of hydrogen-bond donors (Lipinski definition) is 1. The molecular weight excluding hydrogens is 370 g/mol. The van der Waals surface area contributed by atoms with Crippen molar-refractivity contribution in [2.24, 2.45) is 0 Å². The topological polar surface area (TPSA) is 88.8 Å². The fraction of sp³-hybridized carbons (Fsp3) is 0.304. The number of aliphatic carboxylic acids is 1. The number of hydrogen-bond acceptors (Lipinski definition) is 5. The highest BCUT2D eigenvalue weighted by Gasteiger charge is 2.18. The van der Waals surface area contributed by atoms with E-state index in [4.69, 9.17) is 24.6 Å². The summed E-state index contributed by atoms with van der Waals surface area (Å²) in [5.41, 5.74) is 1.24. The van der Waals surface area contributed by atoms with Crippen molar-refractivity contribution in [2.75, 3.05) is 20.3 Å². The van der Waals surface area contributed by atoms with Gasteiger partial charge in [0.15, 0.2) is 11.5 Å². The van der Waals surface area contributed by atoms with Gasteiger partial charge in [-0.2, -0.15) is 5.26 Å². The van der Waals surface area contributed by atoms with Crippen LogP contribution in [0.15, 0.2) is 48.0 Å². The van der Waals surface area contributed by atoms with Crippen molar-refractivity contribution >= 4 is 12.0 Å². The number of rotatable bonds is 8. The summed E-state index contributed by atoms with van der Waals surface area (Å²) in [7, 11) is 1.52. The van der Waals surface area contributed by atoms with Crippen LogP contribution in [0, 0.1) is 11.3 Å². The van der Waals surface area contributed by atoms with E-state index in [0.29, 0.717) is 23.7 Å². The molecule has 29 heavy (non-hydrogen) atoms. The van der Waals surface area contributed by atoms with Gasteiger partial charge < -0.3 is 19.3 Å². The van der Waals surface area contributed by atoms with Gasteiger partial charge in [0.25, 0.3) is 0 Å². The van der Waals surface area contributed by atoms with Gasteiger partial charge in [-0.25, -0.2) is 4.79 Å². The highest BCUT2D eigenvalue weighted by Crippen LogP contribution is 2.31. The molecule has 0 aliphatic carbocycles. The fourth-order valence-corrected chi connectivity index (χ4v) is 2.72. The molecule has 0 unspecified atom stereocenters. The molecule has 6 heteroatoms. The molecule has 0 aliphatic rings. The van der Waals surface area contributed by atoms with Gasteiger partial charge in [-0.05, 0) is 40.8 Å². The van der Waals surface area contributed by atoms with Crippen LogP contribution in [0.1, 0.15) is 31.9 Å². The number of nitrogens with zero attached hydrogens (tertiary/aromatic N) is 1. The molecule has 6 nitrogen and oxygen atoms in total. The van der Waals surface area contributed by atoms with Crippen LogP contribution < -0.4 is 14.2 Å². The third-order valence-corrected chi connectivity index (χ3v) is 4.14. The summed E-state index contributed by atoms with van der Waals surface area (Å²) in [6.07, 6.45) is 1.28. The number of para-hydroxylation sites is 1. The second kappa shape index (κ2) is 9.65. The van der Waals surface area contributed by atoms with Crippen molar-refractivity contribution in [1.29, 1.82) is 5.26 Å². The Hall–Kier alpha value is -3.46. The standard InChI is InChI=1S/C23H25NO5/c1-23(2,3)18-7-5-6-8-19(18)28-11-12-29-21-14-16(9-10-20(21)27-4)13-17(15-24)22(25)26/h5-10,13-14H,11-12H2,1-4H3,(H,25,26). The minimum absolute atomic E-state index is 0.0378. The van der Waals surface area contributed by atoms with Crippen molar-refractivity contribution in [2.45, 2.75) is 26.2 Å². The molecule has 0 aromatic heterocycles. The molecule has 0 spiro atoms. The van der Waals surface area contributed by atoms with Gasteiger partial charge in [0, 0.05) is 0 Å². The zero-order valence-corrected chi connectivity index (χ0v) is 17.1. The average molecular weight is 395 g/mol. The molecule has 0 aliphatic heterocycles. The Morgan fingerprint density at radius 1 is 1.07 bits per heavy atom. The summed E-state index contributed by atoms with van der Waals surface area (Å²) < 4.78 is 17.0. The summed E-state index contributed by atoms with van der Waals surface area (Å²) >= 11 is 0. The lowest BCUT2D eigenvalue weighted by atomic mass is 9.86. The predicted molar refractivity (Wildman–Crippen MR) is 110 cm³/mol. The average Bonchev–Trinajstić information content (AvgIpc) is 2.68. The summed E-state index contributed by atoms with van der Waals surface area (Å²) in [6, 6.07) is 14.5. The van der Waals surface area contributed by atoms with Crippen LogP contribution in [0.4, 0.5) is 0 Å². The second-order valence-electron chi connectivity index (χ2n) is 7.33. The molecule has 0 radical (unpaired) electrons. The van der Waals surface area contributed by atoms with Crippen molar-refractivity contribution in [3.63, 3.8) is 0 Å². The minimum atomic E-state index is -1.28. The molecule has 2 aromatic carbocycles. The Morgan fingerprint density at radius 2 is 1.72 bits per heavy atom. The lowest BCUT2D eigenvalue weighted by molar-refractivity contribution is -0.132. The molecule has 2 aromatic rings. The lowest BCUT2D eigenvalue weighted by Gasteiger charge is -2.22. The van der Waals surface area contributed by atoms with Gasteiger partial charge in [0.1, 0.15) is 30.6 Å². The maximum Gasteiger partial charge on any atom is 0.346 e. The number of carboxylic acid groups (broad SMARTS) is 1. The molecular formula is C23H25NO5. The molecule has 0 fully saturated rings. The monoisotopic (exact) mass is 395 g/mol. The van der Waals surface area contributed by atoms with E-state index in [2.05, 4.69) is 20.8 Å². The van der Waals surface area contributed by atoms with Crippen LogP contribution in [0.3, 0.4) is 0 Å². The maximum atomic E-state index is 11.0. The summed E-state index contributed by atoms with van der Waals surface area (Å²) in [5, 5.41) is 17.9. The van der Waals surface area contributed by atoms with Gasteiger partial charge in [-0.1, -0.05) is 45.0 Å². The highest BCUT2D eigenvalue weighted by molar-refractivity contribution is 5.96. The van der Waals surface area contributed by atoms with Crippen molar-refractivity contribution < 1.29 is 24.1 Å². The van der Waals surface area contributed by atoms with Crippen LogP contribution in [0.2, 0.25) is 0 Å². The third-order valence-electron chi connectivity index (χ3n) is 4.14. The predicted octanol–water partition coefficient (Wildman–Crippen LogP) is 4.44. The smallest absolute Gasteiger partial charge is 0.346 e. The Kier molecular flexibility index (Phi) is 7.27. The first kappa shape index (κ1) is 21.8. The Labute approximate surface area is 171 Å². The van der Waals surface area contributed by atoms with Gasteiger partial charge >= 0.3 is 5.97 Å². The van der Waals surface area contributed by atoms with Gasteiger partial charge in [0.2, 0.25) is 0 Å². The molecule has 1 N–H and O–H groups in total. The number of carbonyl (C=O) groups is 1. The van der Waals surface area contributed by atoms with Crippen molar-refractivity contribution in [1.82, 2.24) is 0 Å².